The van der Waals surface area contributed by atoms with Crippen LogP contribution in [0, 0.1) is 6.92 Å². The van der Waals surface area contributed by atoms with Gasteiger partial charge in [-0.15, -0.1) is 0 Å². The molecule has 0 bridgehead atoms. The van der Waals surface area contributed by atoms with E-state index in [1.165, 1.54) is 12.1 Å². The summed E-state index contributed by atoms with van der Waals surface area (Å²) in [5, 5.41) is 0.738. The fourth-order valence-corrected chi connectivity index (χ4v) is 3.15. The van der Waals surface area contributed by atoms with Gasteiger partial charge in [0.1, 0.15) is 4.90 Å². The molecule has 0 spiro atoms. The van der Waals surface area contributed by atoms with E-state index in [-0.39, 0.29) is 16.0 Å². The van der Waals surface area contributed by atoms with E-state index in [0.717, 1.165) is 12.1 Å². The van der Waals surface area contributed by atoms with Crippen LogP contribution in [-0.4, -0.2) is 25.9 Å². The highest BCUT2D eigenvalue weighted by Gasteiger charge is 2.19. The van der Waals surface area contributed by atoms with E-state index in [1.807, 2.05) is 0 Å². The summed E-state index contributed by atoms with van der Waals surface area (Å²) >= 11 is 0. The molecule has 108 valence electrons. The molecule has 4 N–H and O–H groups in total. The van der Waals surface area contributed by atoms with E-state index < -0.39 is 25.1 Å². The number of anilines is 1. The molecule has 9 heteroatoms. The van der Waals surface area contributed by atoms with Crippen LogP contribution in [0.25, 0.3) is 10.8 Å². The van der Waals surface area contributed by atoms with Crippen molar-refractivity contribution in [2.75, 3.05) is 5.73 Å². The average Bonchev–Trinajstić information content (AvgIpc) is 2.30. The predicted molar refractivity (Wildman–Crippen MR) is 72.7 cm³/mol. The quantitative estimate of drug-likeness (QED) is 0.560. The van der Waals surface area contributed by atoms with Crippen molar-refractivity contribution in [2.45, 2.75) is 16.7 Å². The van der Waals surface area contributed by atoms with Crippen LogP contribution in [0.15, 0.2) is 34.1 Å². The Labute approximate surface area is 115 Å². The molecule has 2 aromatic rings. The van der Waals surface area contributed by atoms with Crippen molar-refractivity contribution in [1.82, 2.24) is 0 Å². The molecule has 7 nitrogen and oxygen atoms in total. The average molecular weight is 317 g/mol. The molecular formula is C11H11NO6S2. The first-order valence-corrected chi connectivity index (χ1v) is 8.17. The summed E-state index contributed by atoms with van der Waals surface area (Å²) in [6.45, 7) is 1.54. The molecule has 2 rings (SSSR count). The topological polar surface area (TPSA) is 135 Å². The number of rotatable bonds is 2. The van der Waals surface area contributed by atoms with Gasteiger partial charge in [-0.3, -0.25) is 9.11 Å². The summed E-state index contributed by atoms with van der Waals surface area (Å²) in [7, 11) is -8.94. The molecule has 0 heterocycles. The zero-order valence-electron chi connectivity index (χ0n) is 10.2. The molecule has 20 heavy (non-hydrogen) atoms. The van der Waals surface area contributed by atoms with E-state index in [9.17, 15) is 16.8 Å². The largest absolute Gasteiger partial charge is 0.397 e. The molecule has 0 unspecified atom stereocenters. The molecule has 0 amide bonds. The second kappa shape index (κ2) is 4.42. The Kier molecular flexibility index (Phi) is 3.25. The van der Waals surface area contributed by atoms with E-state index >= 15 is 0 Å². The number of fused-ring (bicyclic) bond motifs is 1. The second-order valence-corrected chi connectivity index (χ2v) is 7.06. The van der Waals surface area contributed by atoms with Crippen LogP contribution >= 0.6 is 0 Å². The maximum Gasteiger partial charge on any atom is 0.296 e. The number of hydrogen-bond donors (Lipinski definition) is 3. The molecule has 0 radical (unpaired) electrons. The minimum atomic E-state index is -4.53. The second-order valence-electron chi connectivity index (χ2n) is 4.25. The van der Waals surface area contributed by atoms with Crippen molar-refractivity contribution in [1.29, 1.82) is 0 Å². The first kappa shape index (κ1) is 14.7. The summed E-state index contributed by atoms with van der Waals surface area (Å²) < 4.78 is 62.7. The standard InChI is InChI=1S/C11H11NO6S2/c1-6-9-3-2-8(19(13,14)15)4-7(9)5-10(11(6)12)20(16,17)18/h2-5H,12H2,1H3,(H,13,14,15)(H,16,17,18). The Morgan fingerprint density at radius 2 is 1.60 bits per heavy atom. The van der Waals surface area contributed by atoms with Crippen LogP contribution in [0.3, 0.4) is 0 Å². The first-order valence-electron chi connectivity index (χ1n) is 5.29. The zero-order chi connectivity index (χ0) is 15.3. The molecule has 0 saturated heterocycles. The van der Waals surface area contributed by atoms with Gasteiger partial charge in [0.25, 0.3) is 20.2 Å². The Morgan fingerprint density at radius 1 is 1.00 bits per heavy atom. The Hall–Kier alpha value is -1.68. The van der Waals surface area contributed by atoms with Crippen molar-refractivity contribution >= 4 is 36.7 Å². The van der Waals surface area contributed by atoms with E-state index in [4.69, 9.17) is 14.8 Å². The van der Waals surface area contributed by atoms with Crippen molar-refractivity contribution in [3.05, 3.63) is 29.8 Å². The summed E-state index contributed by atoms with van der Waals surface area (Å²) in [6, 6.07) is 4.74. The lowest BCUT2D eigenvalue weighted by Gasteiger charge is -2.10. The van der Waals surface area contributed by atoms with Crippen LogP contribution in [0.5, 0.6) is 0 Å². The lowest BCUT2D eigenvalue weighted by molar-refractivity contribution is 0.481. The van der Waals surface area contributed by atoms with Crippen molar-refractivity contribution in [3.63, 3.8) is 0 Å². The first-order chi connectivity index (χ1) is 9.01. The van der Waals surface area contributed by atoms with Crippen LogP contribution < -0.4 is 5.73 Å². The number of nitrogens with two attached hydrogens (primary N) is 1. The van der Waals surface area contributed by atoms with Gasteiger partial charge in [0.15, 0.2) is 0 Å². The Morgan fingerprint density at radius 3 is 2.10 bits per heavy atom. The smallest absolute Gasteiger partial charge is 0.296 e. The maximum absolute atomic E-state index is 11.2. The van der Waals surface area contributed by atoms with Gasteiger partial charge in [-0.25, -0.2) is 0 Å². The van der Waals surface area contributed by atoms with Gasteiger partial charge in [-0.2, -0.15) is 16.8 Å². The van der Waals surface area contributed by atoms with Gasteiger partial charge in [-0.1, -0.05) is 6.07 Å². The van der Waals surface area contributed by atoms with Crippen LogP contribution in [0.4, 0.5) is 5.69 Å². The molecule has 0 saturated carbocycles. The lowest BCUT2D eigenvalue weighted by atomic mass is 10.0. The third-order valence-electron chi connectivity index (χ3n) is 2.96. The highest BCUT2D eigenvalue weighted by atomic mass is 32.2. The van der Waals surface area contributed by atoms with Gasteiger partial charge >= 0.3 is 0 Å². The fourth-order valence-electron chi connectivity index (χ4n) is 1.92. The minimum absolute atomic E-state index is 0.111. The predicted octanol–water partition coefficient (Wildman–Crippen LogP) is 1.22. The van der Waals surface area contributed by atoms with Gasteiger partial charge in [0.2, 0.25) is 0 Å². The molecule has 0 fully saturated rings. The molecule has 0 aliphatic heterocycles. The van der Waals surface area contributed by atoms with Crippen LogP contribution in [-0.2, 0) is 20.2 Å². The molecular weight excluding hydrogens is 306 g/mol. The molecule has 2 aromatic carbocycles. The molecule has 0 aliphatic carbocycles. The van der Waals surface area contributed by atoms with Crippen molar-refractivity contribution in [3.8, 4) is 0 Å². The molecule has 0 aromatic heterocycles. The number of nitrogen functional groups attached to an aromatic ring is 1. The minimum Gasteiger partial charge on any atom is -0.397 e. The third-order valence-corrected chi connectivity index (χ3v) is 4.70. The Balaban J connectivity index is 2.94. The fraction of sp³-hybridized carbons (Fsp3) is 0.0909. The van der Waals surface area contributed by atoms with Gasteiger partial charge in [-0.05, 0) is 41.5 Å². The summed E-state index contributed by atoms with van der Waals surface area (Å²) in [6.07, 6.45) is 0. The summed E-state index contributed by atoms with van der Waals surface area (Å²) in [4.78, 5) is -0.884. The SMILES string of the molecule is Cc1c(N)c(S(=O)(=O)O)cc2cc(S(=O)(=O)O)ccc12. The number of aryl methyl sites for hydroxylation is 1. The van der Waals surface area contributed by atoms with Crippen LogP contribution in [0.2, 0.25) is 0 Å². The lowest BCUT2D eigenvalue weighted by Crippen LogP contribution is -2.05. The van der Waals surface area contributed by atoms with Gasteiger partial charge < -0.3 is 5.73 Å². The van der Waals surface area contributed by atoms with Crippen molar-refractivity contribution < 1.29 is 25.9 Å². The van der Waals surface area contributed by atoms with Crippen LogP contribution in [0.1, 0.15) is 5.56 Å². The maximum atomic E-state index is 11.2. The monoisotopic (exact) mass is 317 g/mol. The van der Waals surface area contributed by atoms with Crippen molar-refractivity contribution in [2.24, 2.45) is 0 Å². The summed E-state index contributed by atoms with van der Waals surface area (Å²) in [5.41, 5.74) is 5.93. The molecule has 0 aliphatic rings. The highest BCUT2D eigenvalue weighted by molar-refractivity contribution is 7.86. The third kappa shape index (κ3) is 2.48. The number of hydrogen-bond acceptors (Lipinski definition) is 5. The summed E-state index contributed by atoms with van der Waals surface area (Å²) in [5.74, 6) is 0. The highest BCUT2D eigenvalue weighted by Crippen LogP contribution is 2.31. The Bertz CT molecular complexity index is 916. The van der Waals surface area contributed by atoms with Gasteiger partial charge in [0.05, 0.1) is 10.6 Å². The molecule has 0 atom stereocenters. The normalized spacial score (nSPS) is 12.8. The van der Waals surface area contributed by atoms with Gasteiger partial charge in [0, 0.05) is 0 Å². The zero-order valence-corrected chi connectivity index (χ0v) is 11.9. The van der Waals surface area contributed by atoms with E-state index in [2.05, 4.69) is 0 Å². The number of benzene rings is 2. The van der Waals surface area contributed by atoms with E-state index in [1.54, 1.807) is 6.92 Å². The van der Waals surface area contributed by atoms with E-state index in [0.29, 0.717) is 10.9 Å².